The van der Waals surface area contributed by atoms with Crippen LogP contribution in [0.1, 0.15) is 32.3 Å². The Morgan fingerprint density at radius 1 is 1.24 bits per heavy atom. The average Bonchev–Trinajstić information content (AvgIpc) is 2.29. The van der Waals surface area contributed by atoms with Gasteiger partial charge in [0.25, 0.3) is 0 Å². The van der Waals surface area contributed by atoms with Crippen molar-refractivity contribution in [2.45, 2.75) is 38.7 Å². The summed E-state index contributed by atoms with van der Waals surface area (Å²) in [6.07, 6.45) is 4.32. The zero-order valence-corrected chi connectivity index (χ0v) is 10.5. The highest BCUT2D eigenvalue weighted by atomic mass is 16.3. The molecule has 2 rings (SSSR count). The van der Waals surface area contributed by atoms with E-state index in [9.17, 15) is 5.11 Å². The maximum Gasteiger partial charge on any atom is 0.0704 e. The summed E-state index contributed by atoms with van der Waals surface area (Å²) in [7, 11) is 0. The fraction of sp³-hybridized carbons (Fsp3) is 0.400. The Bertz CT molecular complexity index is 500. The highest BCUT2D eigenvalue weighted by Crippen LogP contribution is 2.23. The van der Waals surface area contributed by atoms with Crippen molar-refractivity contribution in [2.75, 3.05) is 0 Å². The lowest BCUT2D eigenvalue weighted by atomic mass is 9.91. The monoisotopic (exact) mass is 229 g/mol. The van der Waals surface area contributed by atoms with Crippen LogP contribution in [0.2, 0.25) is 0 Å². The van der Waals surface area contributed by atoms with Crippen LogP contribution in [0.5, 0.6) is 0 Å². The summed E-state index contributed by atoms with van der Waals surface area (Å²) in [4.78, 5) is 4.34. The van der Waals surface area contributed by atoms with Crippen molar-refractivity contribution < 1.29 is 5.11 Å². The Hall–Kier alpha value is -1.41. The van der Waals surface area contributed by atoms with Crippen LogP contribution in [0.25, 0.3) is 10.9 Å². The number of para-hydroxylation sites is 1. The van der Waals surface area contributed by atoms with E-state index in [4.69, 9.17) is 0 Å². The number of rotatable bonds is 4. The van der Waals surface area contributed by atoms with Crippen molar-refractivity contribution in [3.63, 3.8) is 0 Å². The first-order valence-corrected chi connectivity index (χ1v) is 6.17. The molecule has 1 heterocycles. The van der Waals surface area contributed by atoms with Crippen molar-refractivity contribution in [3.05, 3.63) is 42.1 Å². The molecule has 0 radical (unpaired) electrons. The minimum atomic E-state index is -0.626. The van der Waals surface area contributed by atoms with Crippen LogP contribution < -0.4 is 0 Å². The second kappa shape index (κ2) is 4.84. The van der Waals surface area contributed by atoms with E-state index in [1.807, 2.05) is 37.4 Å². The quantitative estimate of drug-likeness (QED) is 0.872. The third-order valence-electron chi connectivity index (χ3n) is 3.10. The number of aliphatic hydroxyl groups is 1. The highest BCUT2D eigenvalue weighted by molar-refractivity contribution is 5.81. The summed E-state index contributed by atoms with van der Waals surface area (Å²) >= 11 is 0. The van der Waals surface area contributed by atoms with Gasteiger partial charge in [0, 0.05) is 18.0 Å². The standard InChI is InChI=1S/C15H19NO/c1-3-9-15(2,17)11-12-8-10-16-14-7-5-4-6-13(12)14/h4-8,10,17H,3,9,11H2,1-2H3. The maximum atomic E-state index is 10.3. The molecule has 0 saturated carbocycles. The van der Waals surface area contributed by atoms with Crippen LogP contribution in [-0.4, -0.2) is 15.7 Å². The first kappa shape index (κ1) is 12.1. The number of pyridine rings is 1. The molecular formula is C15H19NO. The lowest BCUT2D eigenvalue weighted by Crippen LogP contribution is -2.26. The molecular weight excluding hydrogens is 210 g/mol. The molecule has 0 amide bonds. The highest BCUT2D eigenvalue weighted by Gasteiger charge is 2.20. The van der Waals surface area contributed by atoms with Crippen LogP contribution in [-0.2, 0) is 6.42 Å². The Morgan fingerprint density at radius 3 is 2.76 bits per heavy atom. The first-order valence-electron chi connectivity index (χ1n) is 6.17. The second-order valence-corrected chi connectivity index (χ2v) is 4.91. The molecule has 1 unspecified atom stereocenters. The smallest absolute Gasteiger partial charge is 0.0704 e. The molecule has 0 saturated heterocycles. The molecule has 0 aliphatic carbocycles. The molecule has 90 valence electrons. The van der Waals surface area contributed by atoms with Gasteiger partial charge < -0.3 is 5.11 Å². The first-order chi connectivity index (χ1) is 8.12. The van der Waals surface area contributed by atoms with Gasteiger partial charge in [-0.25, -0.2) is 0 Å². The molecule has 1 aromatic heterocycles. The van der Waals surface area contributed by atoms with Crippen molar-refractivity contribution in [1.29, 1.82) is 0 Å². The Morgan fingerprint density at radius 2 is 2.00 bits per heavy atom. The van der Waals surface area contributed by atoms with Gasteiger partial charge in [-0.2, -0.15) is 0 Å². The van der Waals surface area contributed by atoms with Gasteiger partial charge in [0.1, 0.15) is 0 Å². The number of aromatic nitrogens is 1. The largest absolute Gasteiger partial charge is 0.390 e. The summed E-state index contributed by atoms with van der Waals surface area (Å²) in [5, 5.41) is 11.5. The van der Waals surface area contributed by atoms with Crippen molar-refractivity contribution >= 4 is 10.9 Å². The van der Waals surface area contributed by atoms with E-state index in [2.05, 4.69) is 18.0 Å². The molecule has 0 spiro atoms. The number of fused-ring (bicyclic) bond motifs is 1. The molecule has 0 bridgehead atoms. The van der Waals surface area contributed by atoms with Crippen molar-refractivity contribution in [3.8, 4) is 0 Å². The topological polar surface area (TPSA) is 33.1 Å². The van der Waals surface area contributed by atoms with E-state index in [0.29, 0.717) is 6.42 Å². The molecule has 2 heteroatoms. The second-order valence-electron chi connectivity index (χ2n) is 4.91. The maximum absolute atomic E-state index is 10.3. The van der Waals surface area contributed by atoms with Crippen molar-refractivity contribution in [1.82, 2.24) is 4.98 Å². The van der Waals surface area contributed by atoms with E-state index in [1.54, 1.807) is 0 Å². The van der Waals surface area contributed by atoms with Gasteiger partial charge in [0.2, 0.25) is 0 Å². The molecule has 1 N–H and O–H groups in total. The predicted molar refractivity (Wildman–Crippen MR) is 71.0 cm³/mol. The van der Waals surface area contributed by atoms with Crippen LogP contribution in [0.15, 0.2) is 36.5 Å². The number of nitrogens with zero attached hydrogens (tertiary/aromatic N) is 1. The Balaban J connectivity index is 2.36. The number of hydrogen-bond donors (Lipinski definition) is 1. The minimum absolute atomic E-state index is 0.626. The van der Waals surface area contributed by atoms with Gasteiger partial charge >= 0.3 is 0 Å². The van der Waals surface area contributed by atoms with Gasteiger partial charge in [0.05, 0.1) is 11.1 Å². The molecule has 1 atom stereocenters. The lowest BCUT2D eigenvalue weighted by Gasteiger charge is -2.23. The van der Waals surface area contributed by atoms with E-state index in [-0.39, 0.29) is 0 Å². The van der Waals surface area contributed by atoms with Gasteiger partial charge in [-0.15, -0.1) is 0 Å². The molecule has 2 nitrogen and oxygen atoms in total. The zero-order chi connectivity index (χ0) is 12.3. The van der Waals surface area contributed by atoms with Gasteiger partial charge in [-0.05, 0) is 31.0 Å². The predicted octanol–water partition coefficient (Wildman–Crippen LogP) is 3.33. The number of benzene rings is 1. The van der Waals surface area contributed by atoms with E-state index in [1.165, 1.54) is 5.56 Å². The lowest BCUT2D eigenvalue weighted by molar-refractivity contribution is 0.0508. The molecule has 0 fully saturated rings. The minimum Gasteiger partial charge on any atom is -0.390 e. The van der Waals surface area contributed by atoms with E-state index in [0.717, 1.165) is 23.7 Å². The van der Waals surface area contributed by atoms with Crippen LogP contribution in [0.3, 0.4) is 0 Å². The Kier molecular flexibility index (Phi) is 3.43. The summed E-state index contributed by atoms with van der Waals surface area (Å²) < 4.78 is 0. The van der Waals surface area contributed by atoms with Crippen molar-refractivity contribution in [2.24, 2.45) is 0 Å². The van der Waals surface area contributed by atoms with Gasteiger partial charge in [0.15, 0.2) is 0 Å². The van der Waals surface area contributed by atoms with Gasteiger partial charge in [-0.1, -0.05) is 31.5 Å². The normalized spacial score (nSPS) is 14.8. The summed E-state index contributed by atoms with van der Waals surface area (Å²) in [6, 6.07) is 10.1. The molecule has 0 aliphatic heterocycles. The summed E-state index contributed by atoms with van der Waals surface area (Å²) in [5.41, 5.74) is 1.55. The van der Waals surface area contributed by atoms with Crippen LogP contribution >= 0.6 is 0 Å². The molecule has 17 heavy (non-hydrogen) atoms. The summed E-state index contributed by atoms with van der Waals surface area (Å²) in [5.74, 6) is 0. The third-order valence-corrected chi connectivity index (χ3v) is 3.10. The molecule has 1 aromatic carbocycles. The van der Waals surface area contributed by atoms with Gasteiger partial charge in [-0.3, -0.25) is 4.98 Å². The molecule has 0 aliphatic rings. The number of hydrogen-bond acceptors (Lipinski definition) is 2. The zero-order valence-electron chi connectivity index (χ0n) is 10.5. The SMILES string of the molecule is CCCC(C)(O)Cc1ccnc2ccccc12. The van der Waals surface area contributed by atoms with Crippen LogP contribution in [0, 0.1) is 0 Å². The fourth-order valence-electron chi connectivity index (χ4n) is 2.35. The molecule has 2 aromatic rings. The van der Waals surface area contributed by atoms with E-state index >= 15 is 0 Å². The average molecular weight is 229 g/mol. The van der Waals surface area contributed by atoms with E-state index < -0.39 is 5.60 Å². The Labute approximate surface area is 102 Å². The fourth-order valence-corrected chi connectivity index (χ4v) is 2.35. The van der Waals surface area contributed by atoms with Crippen LogP contribution in [0.4, 0.5) is 0 Å². The summed E-state index contributed by atoms with van der Waals surface area (Å²) in [6.45, 7) is 4.00. The third kappa shape index (κ3) is 2.83.